The van der Waals surface area contributed by atoms with Gasteiger partial charge in [0, 0.05) is 31.6 Å². The molecule has 1 atom stereocenters. The maximum absolute atomic E-state index is 12.7. The van der Waals surface area contributed by atoms with E-state index in [1.165, 1.54) is 4.90 Å². The zero-order valence-electron chi connectivity index (χ0n) is 13.4. The largest absolute Gasteiger partial charge is 0.338 e. The molecule has 0 N–H and O–H groups in total. The van der Waals surface area contributed by atoms with Gasteiger partial charge in [0.15, 0.2) is 9.84 Å². The molecule has 2 aliphatic heterocycles. The third-order valence-corrected chi connectivity index (χ3v) is 6.70. The summed E-state index contributed by atoms with van der Waals surface area (Å²) in [6, 6.07) is 4.52. The Labute approximate surface area is 146 Å². The quantitative estimate of drug-likeness (QED) is 0.812. The van der Waals surface area contributed by atoms with E-state index < -0.39 is 9.84 Å². The van der Waals surface area contributed by atoms with E-state index in [-0.39, 0.29) is 29.4 Å². The van der Waals surface area contributed by atoms with Gasteiger partial charge in [0.05, 0.1) is 22.2 Å². The summed E-state index contributed by atoms with van der Waals surface area (Å²) in [5.74, 6) is -0.151. The number of benzene rings is 1. The van der Waals surface area contributed by atoms with Crippen LogP contribution in [0.15, 0.2) is 18.2 Å². The third-order valence-electron chi connectivity index (χ3n) is 4.63. The Morgan fingerprint density at radius 2 is 2.12 bits per heavy atom. The average Bonchev–Trinajstić information content (AvgIpc) is 3.12. The highest BCUT2D eigenvalue weighted by Gasteiger charge is 2.33. The van der Waals surface area contributed by atoms with Gasteiger partial charge < -0.3 is 9.80 Å². The summed E-state index contributed by atoms with van der Waals surface area (Å²) in [5, 5.41) is 0.424. The second-order valence-electron chi connectivity index (χ2n) is 6.29. The average molecular weight is 371 g/mol. The normalized spacial score (nSPS) is 22.8. The molecular weight excluding hydrogens is 352 g/mol. The standard InChI is InChI=1S/C16H19ClN2O4S/c1-18(12-6-8-24(22,23)10-12)16(21)11-4-5-13(17)14(9-11)19-7-2-3-15(19)20/h4-5,9,12H,2-3,6-8,10H2,1H3/t12-/m1/s1. The van der Waals surface area contributed by atoms with Crippen LogP contribution < -0.4 is 4.90 Å². The minimum atomic E-state index is -3.06. The number of hydrogen-bond acceptors (Lipinski definition) is 4. The Bertz CT molecular complexity index is 793. The van der Waals surface area contributed by atoms with Crippen molar-refractivity contribution in [2.75, 3.05) is 30.0 Å². The van der Waals surface area contributed by atoms with Crippen LogP contribution in [0.25, 0.3) is 0 Å². The summed E-state index contributed by atoms with van der Waals surface area (Å²) < 4.78 is 23.2. The first-order valence-electron chi connectivity index (χ1n) is 7.86. The number of rotatable bonds is 3. The van der Waals surface area contributed by atoms with Crippen LogP contribution in [0.4, 0.5) is 5.69 Å². The molecule has 0 saturated carbocycles. The molecule has 0 radical (unpaired) electrons. The smallest absolute Gasteiger partial charge is 0.253 e. The minimum absolute atomic E-state index is 0.000295. The fraction of sp³-hybridized carbons (Fsp3) is 0.500. The van der Waals surface area contributed by atoms with Crippen LogP contribution >= 0.6 is 11.6 Å². The minimum Gasteiger partial charge on any atom is -0.338 e. The Morgan fingerprint density at radius 3 is 2.71 bits per heavy atom. The second-order valence-corrected chi connectivity index (χ2v) is 8.92. The van der Waals surface area contributed by atoms with Crippen LogP contribution in [-0.4, -0.2) is 56.3 Å². The molecule has 6 nitrogen and oxygen atoms in total. The number of halogens is 1. The van der Waals surface area contributed by atoms with Crippen molar-refractivity contribution in [1.82, 2.24) is 4.90 Å². The van der Waals surface area contributed by atoms with Gasteiger partial charge in [-0.1, -0.05) is 11.6 Å². The number of nitrogens with zero attached hydrogens (tertiary/aromatic N) is 2. The number of carbonyl (C=O) groups excluding carboxylic acids is 2. The highest BCUT2D eigenvalue weighted by molar-refractivity contribution is 7.91. The number of amides is 2. The van der Waals surface area contributed by atoms with Crippen LogP contribution in [0.3, 0.4) is 0 Å². The van der Waals surface area contributed by atoms with Crippen molar-refractivity contribution >= 4 is 38.9 Å². The molecule has 2 aliphatic rings. The Morgan fingerprint density at radius 1 is 1.38 bits per heavy atom. The molecule has 2 fully saturated rings. The molecular formula is C16H19ClN2O4S. The lowest BCUT2D eigenvalue weighted by molar-refractivity contribution is -0.117. The summed E-state index contributed by atoms with van der Waals surface area (Å²) in [6.45, 7) is 0.590. The number of hydrogen-bond donors (Lipinski definition) is 0. The first-order chi connectivity index (χ1) is 11.3. The molecule has 0 bridgehead atoms. The number of sulfone groups is 1. The zero-order valence-corrected chi connectivity index (χ0v) is 14.9. The molecule has 8 heteroatoms. The molecule has 2 heterocycles. The van der Waals surface area contributed by atoms with Crippen molar-refractivity contribution in [1.29, 1.82) is 0 Å². The summed E-state index contributed by atoms with van der Waals surface area (Å²) >= 11 is 6.19. The molecule has 130 valence electrons. The maximum atomic E-state index is 12.7. The van der Waals surface area contributed by atoms with E-state index in [2.05, 4.69) is 0 Å². The van der Waals surface area contributed by atoms with Gasteiger partial charge in [-0.25, -0.2) is 8.42 Å². The van der Waals surface area contributed by atoms with E-state index in [9.17, 15) is 18.0 Å². The van der Waals surface area contributed by atoms with E-state index >= 15 is 0 Å². The monoisotopic (exact) mass is 370 g/mol. The van der Waals surface area contributed by atoms with Gasteiger partial charge in [-0.3, -0.25) is 9.59 Å². The molecule has 1 aromatic carbocycles. The first-order valence-corrected chi connectivity index (χ1v) is 10.1. The van der Waals surface area contributed by atoms with Crippen molar-refractivity contribution in [3.8, 4) is 0 Å². The molecule has 0 aromatic heterocycles. The maximum Gasteiger partial charge on any atom is 0.253 e. The van der Waals surface area contributed by atoms with Crippen molar-refractivity contribution in [2.24, 2.45) is 0 Å². The van der Waals surface area contributed by atoms with Gasteiger partial charge in [0.1, 0.15) is 0 Å². The van der Waals surface area contributed by atoms with Crippen molar-refractivity contribution in [3.63, 3.8) is 0 Å². The van der Waals surface area contributed by atoms with E-state index in [1.54, 1.807) is 30.1 Å². The van der Waals surface area contributed by atoms with Gasteiger partial charge in [-0.05, 0) is 31.0 Å². The predicted octanol–water partition coefficient (Wildman–Crippen LogP) is 1.73. The van der Waals surface area contributed by atoms with E-state index in [0.29, 0.717) is 35.7 Å². The fourth-order valence-electron chi connectivity index (χ4n) is 3.21. The topological polar surface area (TPSA) is 74.8 Å². The summed E-state index contributed by atoms with van der Waals surface area (Å²) in [4.78, 5) is 27.7. The molecule has 0 spiro atoms. The van der Waals surface area contributed by atoms with Crippen LogP contribution in [0.5, 0.6) is 0 Å². The Kier molecular flexibility index (Phi) is 4.57. The van der Waals surface area contributed by atoms with E-state index in [1.807, 2.05) is 0 Å². The SMILES string of the molecule is CN(C(=O)c1ccc(Cl)c(N2CCCC2=O)c1)[C@@H]1CCS(=O)(=O)C1. The summed E-state index contributed by atoms with van der Waals surface area (Å²) in [6.07, 6.45) is 1.71. The van der Waals surface area contributed by atoms with E-state index in [4.69, 9.17) is 11.6 Å². The highest BCUT2D eigenvalue weighted by Crippen LogP contribution is 2.31. The second kappa shape index (κ2) is 6.37. The summed E-state index contributed by atoms with van der Waals surface area (Å²) in [7, 11) is -1.45. The Balaban J connectivity index is 1.84. The molecule has 24 heavy (non-hydrogen) atoms. The molecule has 0 unspecified atom stereocenters. The molecule has 1 aromatic rings. The van der Waals surface area contributed by atoms with Crippen LogP contribution in [0, 0.1) is 0 Å². The predicted molar refractivity (Wildman–Crippen MR) is 92.2 cm³/mol. The summed E-state index contributed by atoms with van der Waals surface area (Å²) in [5.41, 5.74) is 0.943. The molecule has 0 aliphatic carbocycles. The van der Waals surface area contributed by atoms with Crippen LogP contribution in [0.2, 0.25) is 5.02 Å². The zero-order chi connectivity index (χ0) is 17.5. The first kappa shape index (κ1) is 17.2. The lowest BCUT2D eigenvalue weighted by Gasteiger charge is -2.24. The van der Waals surface area contributed by atoms with E-state index in [0.717, 1.165) is 6.42 Å². The van der Waals surface area contributed by atoms with Gasteiger partial charge >= 0.3 is 0 Å². The van der Waals surface area contributed by atoms with Crippen molar-refractivity contribution in [2.45, 2.75) is 25.3 Å². The van der Waals surface area contributed by atoms with Crippen LogP contribution in [0.1, 0.15) is 29.6 Å². The van der Waals surface area contributed by atoms with Gasteiger partial charge in [-0.2, -0.15) is 0 Å². The Hall–Kier alpha value is -1.60. The number of anilines is 1. The molecule has 2 amide bonds. The third kappa shape index (κ3) is 3.28. The van der Waals surface area contributed by atoms with Gasteiger partial charge in [-0.15, -0.1) is 0 Å². The van der Waals surface area contributed by atoms with Gasteiger partial charge in [0.2, 0.25) is 5.91 Å². The molecule has 3 rings (SSSR count). The van der Waals surface area contributed by atoms with Crippen LogP contribution in [-0.2, 0) is 14.6 Å². The lowest BCUT2D eigenvalue weighted by Crippen LogP contribution is -2.38. The van der Waals surface area contributed by atoms with Gasteiger partial charge in [0.25, 0.3) is 5.91 Å². The highest BCUT2D eigenvalue weighted by atomic mass is 35.5. The molecule has 2 saturated heterocycles. The lowest BCUT2D eigenvalue weighted by atomic mass is 10.1. The van der Waals surface area contributed by atoms with Crippen molar-refractivity contribution < 1.29 is 18.0 Å². The fourth-order valence-corrected chi connectivity index (χ4v) is 5.20. The number of carbonyl (C=O) groups is 2. The van der Waals surface area contributed by atoms with Crippen molar-refractivity contribution in [3.05, 3.63) is 28.8 Å².